The van der Waals surface area contributed by atoms with Gasteiger partial charge >= 0.3 is 0 Å². The zero-order valence-corrected chi connectivity index (χ0v) is 10.8. The lowest BCUT2D eigenvalue weighted by Gasteiger charge is -1.31. The number of hydrogen-bond acceptors (Lipinski definition) is 0. The molecule has 0 amide bonds. The molecule has 16 heavy (non-hydrogen) atoms. The molecule has 0 aromatic heterocycles. The van der Waals surface area contributed by atoms with Crippen LogP contribution < -0.4 is 0 Å². The Labute approximate surface area is 97.9 Å². The first-order chi connectivity index (χ1) is 5.66. The molecular formula is C12H28F4. The van der Waals surface area contributed by atoms with Crippen LogP contribution >= 0.6 is 0 Å². The van der Waals surface area contributed by atoms with E-state index in [9.17, 15) is 0 Å². The van der Waals surface area contributed by atoms with Gasteiger partial charge in [-0.25, -0.2) is 0 Å². The van der Waals surface area contributed by atoms with E-state index >= 15 is 0 Å². The Kier molecular flexibility index (Phi) is 1180. The van der Waals surface area contributed by atoms with Crippen molar-refractivity contribution in [2.75, 3.05) is 0 Å². The van der Waals surface area contributed by atoms with E-state index in [1.54, 1.807) is 24.3 Å². The number of halogens is 4. The minimum Gasteiger partial charge on any atom is -0.269 e. The summed E-state index contributed by atoms with van der Waals surface area (Å²) >= 11 is 0. The molecule has 0 saturated carbocycles. The van der Waals surface area contributed by atoms with Crippen LogP contribution in [-0.4, -0.2) is 0 Å². The largest absolute Gasteiger partial charge is 0.269 e. The van der Waals surface area contributed by atoms with Crippen molar-refractivity contribution in [2.45, 2.75) is 27.7 Å². The molecule has 104 valence electrons. The normalized spacial score (nSPS) is 3.25. The lowest BCUT2D eigenvalue weighted by Crippen LogP contribution is -1.07. The standard InChI is InChI=1S/4C3H6.4FH/c4*1-3-2;;;;/h4*3H,1H2,2H3;4*1H. The molecule has 0 unspecified atom stereocenters. The Morgan fingerprint density at radius 2 is 0.438 bits per heavy atom. The second kappa shape index (κ2) is 306. The van der Waals surface area contributed by atoms with Crippen LogP contribution in [-0.2, 0) is 0 Å². The van der Waals surface area contributed by atoms with Crippen molar-refractivity contribution in [1.29, 1.82) is 0 Å². The van der Waals surface area contributed by atoms with E-state index in [2.05, 4.69) is 26.3 Å². The van der Waals surface area contributed by atoms with Gasteiger partial charge in [0.05, 0.1) is 0 Å². The first kappa shape index (κ1) is 61.6. The molecule has 0 aromatic rings. The summed E-state index contributed by atoms with van der Waals surface area (Å²) in [4.78, 5) is 0. The number of allylic oxidation sites excluding steroid dienone is 4. The maximum Gasteiger partial charge on any atom is -0.0473 e. The predicted molar refractivity (Wildman–Crippen MR) is 73.5 cm³/mol. The van der Waals surface area contributed by atoms with E-state index in [1.165, 1.54) is 0 Å². The van der Waals surface area contributed by atoms with Gasteiger partial charge in [0.25, 0.3) is 0 Å². The molecule has 0 bridgehead atoms. The predicted octanol–water partition coefficient (Wildman–Crippen LogP) is 5.38. The summed E-state index contributed by atoms with van der Waals surface area (Å²) in [6.45, 7) is 21.0. The summed E-state index contributed by atoms with van der Waals surface area (Å²) in [6.07, 6.45) is 7.00. The van der Waals surface area contributed by atoms with Gasteiger partial charge in [-0.1, -0.05) is 24.3 Å². The minimum atomic E-state index is 0. The molecule has 0 aliphatic carbocycles. The van der Waals surface area contributed by atoms with Crippen molar-refractivity contribution in [3.63, 3.8) is 0 Å². The summed E-state index contributed by atoms with van der Waals surface area (Å²) in [5.41, 5.74) is 0. The summed E-state index contributed by atoms with van der Waals surface area (Å²) in [5, 5.41) is 0. The van der Waals surface area contributed by atoms with Crippen LogP contribution in [0.15, 0.2) is 50.6 Å². The molecule has 0 atom stereocenters. The van der Waals surface area contributed by atoms with Crippen molar-refractivity contribution in [2.24, 2.45) is 0 Å². The van der Waals surface area contributed by atoms with Crippen LogP contribution in [0.2, 0.25) is 0 Å². The maximum absolute atomic E-state index is 3.36. The van der Waals surface area contributed by atoms with Crippen LogP contribution in [0, 0.1) is 0 Å². The third-order valence-electron chi connectivity index (χ3n) is 0. The Hall–Kier alpha value is -1.32. The molecule has 0 N–H and O–H groups in total. The van der Waals surface area contributed by atoms with Gasteiger partial charge in [-0.15, -0.1) is 26.3 Å². The maximum atomic E-state index is 3.36. The van der Waals surface area contributed by atoms with Crippen LogP contribution in [0.4, 0.5) is 18.8 Å². The quantitative estimate of drug-likeness (QED) is 0.399. The van der Waals surface area contributed by atoms with Gasteiger partial charge in [-0.2, -0.15) is 0 Å². The highest BCUT2D eigenvalue weighted by Crippen LogP contribution is 1.39. The molecule has 0 aromatic carbocycles. The van der Waals surface area contributed by atoms with Gasteiger partial charge in [0.1, 0.15) is 0 Å². The fraction of sp³-hybridized carbons (Fsp3) is 0.333. The Morgan fingerprint density at radius 3 is 0.438 bits per heavy atom. The van der Waals surface area contributed by atoms with Crippen LogP contribution in [0.25, 0.3) is 0 Å². The monoisotopic (exact) mass is 248 g/mol. The first-order valence-electron chi connectivity index (χ1n) is 3.94. The average Bonchev–Trinajstić information content (AvgIpc) is 1.92. The van der Waals surface area contributed by atoms with Crippen LogP contribution in [0.3, 0.4) is 0 Å². The summed E-state index contributed by atoms with van der Waals surface area (Å²) < 4.78 is 0. The lowest BCUT2D eigenvalue weighted by molar-refractivity contribution is 1.11. The Balaban J connectivity index is -0.00000000821. The molecule has 0 heterocycles. The first-order valence-corrected chi connectivity index (χ1v) is 3.94. The van der Waals surface area contributed by atoms with Gasteiger partial charge in [0.15, 0.2) is 0 Å². The molecule has 0 saturated heterocycles. The lowest BCUT2D eigenvalue weighted by atomic mass is 10.8. The van der Waals surface area contributed by atoms with E-state index in [0.29, 0.717) is 0 Å². The Bertz CT molecular complexity index is 67.0. The number of hydrogen-bond donors (Lipinski definition) is 0. The van der Waals surface area contributed by atoms with E-state index in [1.807, 2.05) is 27.7 Å². The van der Waals surface area contributed by atoms with Crippen molar-refractivity contribution in [1.82, 2.24) is 0 Å². The molecule has 0 aliphatic rings. The van der Waals surface area contributed by atoms with Gasteiger partial charge < -0.3 is 0 Å². The highest BCUT2D eigenvalue weighted by molar-refractivity contribution is 4.52. The van der Waals surface area contributed by atoms with Crippen molar-refractivity contribution in [3.05, 3.63) is 50.6 Å². The molecule has 0 rings (SSSR count). The molecule has 4 heteroatoms. The molecule has 0 radical (unpaired) electrons. The molecule has 0 aliphatic heterocycles. The molecule has 0 nitrogen and oxygen atoms in total. The highest BCUT2D eigenvalue weighted by atomic mass is 19.0. The minimum absolute atomic E-state index is 0. The molecule has 0 spiro atoms. The smallest absolute Gasteiger partial charge is 0.0473 e. The molecule has 0 fully saturated rings. The fourth-order valence-corrected chi connectivity index (χ4v) is 0. The van der Waals surface area contributed by atoms with Gasteiger partial charge in [0.2, 0.25) is 0 Å². The third kappa shape index (κ3) is 993. The van der Waals surface area contributed by atoms with Gasteiger partial charge in [0, 0.05) is 0 Å². The van der Waals surface area contributed by atoms with E-state index < -0.39 is 0 Å². The van der Waals surface area contributed by atoms with Crippen molar-refractivity contribution >= 4 is 0 Å². The van der Waals surface area contributed by atoms with Crippen molar-refractivity contribution in [3.8, 4) is 0 Å². The van der Waals surface area contributed by atoms with Crippen LogP contribution in [0.1, 0.15) is 27.7 Å². The van der Waals surface area contributed by atoms with Gasteiger partial charge in [-0.05, 0) is 27.7 Å². The summed E-state index contributed by atoms with van der Waals surface area (Å²) in [5.74, 6) is 0. The van der Waals surface area contributed by atoms with E-state index in [0.717, 1.165) is 0 Å². The highest BCUT2D eigenvalue weighted by Gasteiger charge is 1.15. The summed E-state index contributed by atoms with van der Waals surface area (Å²) in [7, 11) is 0. The van der Waals surface area contributed by atoms with Crippen molar-refractivity contribution < 1.29 is 18.8 Å². The number of rotatable bonds is 0. The van der Waals surface area contributed by atoms with Crippen LogP contribution in [0.5, 0.6) is 0 Å². The topological polar surface area (TPSA) is 0 Å². The Morgan fingerprint density at radius 1 is 0.438 bits per heavy atom. The van der Waals surface area contributed by atoms with E-state index in [4.69, 9.17) is 0 Å². The van der Waals surface area contributed by atoms with E-state index in [-0.39, 0.29) is 18.8 Å². The zero-order valence-electron chi connectivity index (χ0n) is 10.8. The SMILES string of the molecule is C=CC.C=CC.C=CC.C=CC.F.F.F.F. The average molecular weight is 248 g/mol. The summed E-state index contributed by atoms with van der Waals surface area (Å²) in [6, 6.07) is 0. The zero-order chi connectivity index (χ0) is 10.8. The van der Waals surface area contributed by atoms with Gasteiger partial charge in [-0.3, -0.25) is 18.8 Å². The second-order valence-electron chi connectivity index (χ2n) is 1.63. The molecular weight excluding hydrogens is 220 g/mol. The fourth-order valence-electron chi connectivity index (χ4n) is 0. The third-order valence-corrected chi connectivity index (χ3v) is 0. The second-order valence-corrected chi connectivity index (χ2v) is 1.63.